The first-order valence-corrected chi connectivity index (χ1v) is 10.4. The molecule has 0 spiro atoms. The molecule has 1 N–H and O–H groups in total. The Hall–Kier alpha value is -2.09. The minimum atomic E-state index is -3.65. The van der Waals surface area contributed by atoms with Gasteiger partial charge >= 0.3 is 0 Å². The molecule has 8 heteroatoms. The summed E-state index contributed by atoms with van der Waals surface area (Å²) < 4.78 is 32.2. The number of sulfonamides is 1. The fraction of sp³-hybridized carbons (Fsp3) is 0.316. The van der Waals surface area contributed by atoms with Gasteiger partial charge in [0.05, 0.1) is 17.9 Å². The first kappa shape index (κ1) is 19.7. The van der Waals surface area contributed by atoms with Crippen LogP contribution in [0.1, 0.15) is 12.8 Å². The smallest absolute Gasteiger partial charge is 0.243 e. The number of halogens is 1. The number of ether oxygens (including phenoxy) is 1. The minimum absolute atomic E-state index is 0.154. The maximum absolute atomic E-state index is 12.8. The van der Waals surface area contributed by atoms with Crippen LogP contribution in [0.4, 0.5) is 5.69 Å². The molecule has 0 aromatic heterocycles. The standard InChI is InChI=1S/C19H21ClN2O4S/c1-26-17-6-2-5-16(12-17)21-19(23)14-4-3-11-22(13-14)27(24,25)18-9-7-15(20)8-10-18/h2,5-10,12,14H,3-4,11,13H2,1H3,(H,21,23). The Morgan fingerprint density at radius 3 is 2.67 bits per heavy atom. The SMILES string of the molecule is COc1cccc(NC(=O)C2CCCN(S(=O)(=O)c3ccc(Cl)cc3)C2)c1. The van der Waals surface area contributed by atoms with Crippen molar-refractivity contribution in [3.63, 3.8) is 0 Å². The van der Waals surface area contributed by atoms with E-state index in [0.29, 0.717) is 35.8 Å². The molecule has 0 bridgehead atoms. The lowest BCUT2D eigenvalue weighted by molar-refractivity contribution is -0.120. The number of hydrogen-bond donors (Lipinski definition) is 1. The summed E-state index contributed by atoms with van der Waals surface area (Å²) in [4.78, 5) is 12.8. The van der Waals surface area contributed by atoms with E-state index in [4.69, 9.17) is 16.3 Å². The number of carbonyl (C=O) groups is 1. The van der Waals surface area contributed by atoms with Gasteiger partial charge in [-0.1, -0.05) is 17.7 Å². The molecule has 6 nitrogen and oxygen atoms in total. The fourth-order valence-corrected chi connectivity index (χ4v) is 4.73. The van der Waals surface area contributed by atoms with Gasteiger partial charge < -0.3 is 10.1 Å². The van der Waals surface area contributed by atoms with Crippen molar-refractivity contribution in [1.82, 2.24) is 4.31 Å². The van der Waals surface area contributed by atoms with E-state index in [1.165, 1.54) is 16.4 Å². The topological polar surface area (TPSA) is 75.7 Å². The van der Waals surface area contributed by atoms with Gasteiger partial charge in [0.1, 0.15) is 5.75 Å². The molecule has 3 rings (SSSR count). The highest BCUT2D eigenvalue weighted by atomic mass is 35.5. The van der Waals surface area contributed by atoms with Gasteiger partial charge in [-0.25, -0.2) is 8.42 Å². The third kappa shape index (κ3) is 4.61. The molecule has 1 saturated heterocycles. The Labute approximate surface area is 164 Å². The van der Waals surface area contributed by atoms with E-state index >= 15 is 0 Å². The van der Waals surface area contributed by atoms with Gasteiger partial charge in [-0.3, -0.25) is 4.79 Å². The number of nitrogens with zero attached hydrogens (tertiary/aromatic N) is 1. The summed E-state index contributed by atoms with van der Waals surface area (Å²) >= 11 is 5.84. The summed E-state index contributed by atoms with van der Waals surface area (Å²) in [5, 5.41) is 3.32. The van der Waals surface area contributed by atoms with E-state index in [1.54, 1.807) is 43.5 Å². The van der Waals surface area contributed by atoms with Gasteiger partial charge in [-0.2, -0.15) is 4.31 Å². The van der Waals surface area contributed by atoms with Crippen LogP contribution in [-0.2, 0) is 14.8 Å². The lowest BCUT2D eigenvalue weighted by Gasteiger charge is -2.31. The van der Waals surface area contributed by atoms with Crippen molar-refractivity contribution in [1.29, 1.82) is 0 Å². The molecule has 2 aromatic carbocycles. The summed E-state index contributed by atoms with van der Waals surface area (Å²) in [6.45, 7) is 0.550. The predicted octanol–water partition coefficient (Wildman–Crippen LogP) is 3.39. The Balaban J connectivity index is 1.71. The Morgan fingerprint density at radius 2 is 1.96 bits per heavy atom. The normalized spacial score (nSPS) is 18.1. The lowest BCUT2D eigenvalue weighted by Crippen LogP contribution is -2.43. The van der Waals surface area contributed by atoms with Gasteiger partial charge in [-0.15, -0.1) is 0 Å². The molecule has 0 radical (unpaired) electrons. The molecule has 1 atom stereocenters. The molecular weight excluding hydrogens is 388 g/mol. The van der Waals surface area contributed by atoms with Crippen LogP contribution in [0.15, 0.2) is 53.4 Å². The van der Waals surface area contributed by atoms with E-state index in [9.17, 15) is 13.2 Å². The zero-order chi connectivity index (χ0) is 19.4. The molecule has 1 aliphatic heterocycles. The molecule has 27 heavy (non-hydrogen) atoms. The van der Waals surface area contributed by atoms with Crippen LogP contribution < -0.4 is 10.1 Å². The van der Waals surface area contributed by atoms with Crippen LogP contribution in [-0.4, -0.2) is 38.8 Å². The summed E-state index contributed by atoms with van der Waals surface area (Å²) in [7, 11) is -2.10. The number of anilines is 1. The molecule has 1 unspecified atom stereocenters. The summed E-state index contributed by atoms with van der Waals surface area (Å²) in [5.41, 5.74) is 0.622. The monoisotopic (exact) mass is 408 g/mol. The van der Waals surface area contributed by atoms with Crippen molar-refractivity contribution >= 4 is 33.2 Å². The van der Waals surface area contributed by atoms with Gasteiger partial charge in [-0.05, 0) is 49.2 Å². The van der Waals surface area contributed by atoms with Gasteiger partial charge in [0.25, 0.3) is 0 Å². The van der Waals surface area contributed by atoms with Crippen molar-refractivity contribution in [3.8, 4) is 5.75 Å². The number of nitrogens with one attached hydrogen (secondary N) is 1. The predicted molar refractivity (Wildman–Crippen MR) is 105 cm³/mol. The largest absolute Gasteiger partial charge is 0.497 e. The molecular formula is C19H21ClN2O4S. The number of hydrogen-bond acceptors (Lipinski definition) is 4. The number of methoxy groups -OCH3 is 1. The van der Waals surface area contributed by atoms with Gasteiger partial charge in [0.15, 0.2) is 0 Å². The van der Waals surface area contributed by atoms with E-state index in [2.05, 4.69) is 5.32 Å². The van der Waals surface area contributed by atoms with Crippen molar-refractivity contribution in [2.75, 3.05) is 25.5 Å². The van der Waals surface area contributed by atoms with Gasteiger partial charge in [0, 0.05) is 29.9 Å². The van der Waals surface area contributed by atoms with Crippen LogP contribution in [0.25, 0.3) is 0 Å². The van der Waals surface area contributed by atoms with Crippen LogP contribution in [0, 0.1) is 5.92 Å². The van der Waals surface area contributed by atoms with Crippen molar-refractivity contribution < 1.29 is 17.9 Å². The quantitative estimate of drug-likeness (QED) is 0.822. The number of carbonyl (C=O) groups excluding carboxylic acids is 1. The minimum Gasteiger partial charge on any atom is -0.497 e. The van der Waals surface area contributed by atoms with Crippen molar-refractivity contribution in [2.45, 2.75) is 17.7 Å². The van der Waals surface area contributed by atoms with Gasteiger partial charge in [0.2, 0.25) is 15.9 Å². The zero-order valence-corrected chi connectivity index (χ0v) is 16.5. The van der Waals surface area contributed by atoms with Crippen LogP contribution in [0.3, 0.4) is 0 Å². The summed E-state index contributed by atoms with van der Waals surface area (Å²) in [6, 6.07) is 13.1. The molecule has 0 saturated carbocycles. The molecule has 1 aliphatic rings. The number of rotatable bonds is 5. The Morgan fingerprint density at radius 1 is 1.22 bits per heavy atom. The highest BCUT2D eigenvalue weighted by Crippen LogP contribution is 2.26. The Bertz CT molecular complexity index is 916. The van der Waals surface area contributed by atoms with E-state index in [-0.39, 0.29) is 17.3 Å². The Kier molecular flexibility index (Phi) is 6.04. The molecule has 1 amide bonds. The molecule has 1 heterocycles. The first-order valence-electron chi connectivity index (χ1n) is 8.61. The summed E-state index contributed by atoms with van der Waals surface area (Å²) in [6.07, 6.45) is 1.27. The highest BCUT2D eigenvalue weighted by molar-refractivity contribution is 7.89. The van der Waals surface area contributed by atoms with Crippen molar-refractivity contribution in [3.05, 3.63) is 53.6 Å². The molecule has 1 fully saturated rings. The second kappa shape index (κ2) is 8.29. The molecule has 2 aromatic rings. The second-order valence-electron chi connectivity index (χ2n) is 6.38. The van der Waals surface area contributed by atoms with E-state index in [1.807, 2.05) is 0 Å². The number of amides is 1. The fourth-order valence-electron chi connectivity index (χ4n) is 3.08. The van der Waals surface area contributed by atoms with Crippen molar-refractivity contribution in [2.24, 2.45) is 5.92 Å². The maximum atomic E-state index is 12.8. The average molecular weight is 409 g/mol. The van der Waals surface area contributed by atoms with Crippen LogP contribution in [0.5, 0.6) is 5.75 Å². The zero-order valence-electron chi connectivity index (χ0n) is 14.9. The summed E-state index contributed by atoms with van der Waals surface area (Å²) in [5.74, 6) is 0.0367. The van der Waals surface area contributed by atoms with E-state index in [0.717, 1.165) is 0 Å². The molecule has 144 valence electrons. The first-order chi connectivity index (χ1) is 12.9. The molecule has 0 aliphatic carbocycles. The number of piperidine rings is 1. The average Bonchev–Trinajstić information content (AvgIpc) is 2.68. The lowest BCUT2D eigenvalue weighted by atomic mass is 9.98. The van der Waals surface area contributed by atoms with E-state index < -0.39 is 15.9 Å². The van der Waals surface area contributed by atoms with Crippen LogP contribution in [0.2, 0.25) is 5.02 Å². The number of benzene rings is 2. The third-order valence-corrected chi connectivity index (χ3v) is 6.67. The second-order valence-corrected chi connectivity index (χ2v) is 8.75. The third-order valence-electron chi connectivity index (χ3n) is 4.54. The highest BCUT2D eigenvalue weighted by Gasteiger charge is 2.33. The van der Waals surface area contributed by atoms with Crippen LogP contribution >= 0.6 is 11.6 Å². The maximum Gasteiger partial charge on any atom is 0.243 e.